The Bertz CT molecular complexity index is 2530. The highest BCUT2D eigenvalue weighted by atomic mass is 15.0. The first-order chi connectivity index (χ1) is 25.2. The lowest BCUT2D eigenvalue weighted by Gasteiger charge is -2.16. The lowest BCUT2D eigenvalue weighted by Crippen LogP contribution is -1.97. The third-order valence-electron chi connectivity index (χ3n) is 10.8. The SMILES string of the molecule is Cc1ccc(-c2ccc3c(c2)c2cc(-c4ccccc4)ccc2n3-c2ccc(C3=CC=CCC3)cc2)cc1-c1ccccc1CC1=CC=CCC1. The van der Waals surface area contributed by atoms with Gasteiger partial charge in [0.25, 0.3) is 0 Å². The van der Waals surface area contributed by atoms with Crippen molar-refractivity contribution in [2.24, 2.45) is 0 Å². The molecule has 0 saturated carbocycles. The van der Waals surface area contributed by atoms with Crippen molar-refractivity contribution < 1.29 is 0 Å². The lowest BCUT2D eigenvalue weighted by atomic mass is 9.89. The molecule has 246 valence electrons. The number of hydrogen-bond donors (Lipinski definition) is 0. The summed E-state index contributed by atoms with van der Waals surface area (Å²) in [6, 6.07) is 49.9. The van der Waals surface area contributed by atoms with Crippen molar-refractivity contribution in [1.82, 2.24) is 4.57 Å². The van der Waals surface area contributed by atoms with Gasteiger partial charge in [0, 0.05) is 16.5 Å². The molecule has 0 unspecified atom stereocenters. The minimum Gasteiger partial charge on any atom is -0.309 e. The van der Waals surface area contributed by atoms with Crippen LogP contribution in [0, 0.1) is 6.92 Å². The molecule has 1 heterocycles. The van der Waals surface area contributed by atoms with Crippen LogP contribution in [-0.2, 0) is 6.42 Å². The zero-order valence-electron chi connectivity index (χ0n) is 29.1. The van der Waals surface area contributed by atoms with Crippen LogP contribution >= 0.6 is 0 Å². The van der Waals surface area contributed by atoms with Gasteiger partial charge >= 0.3 is 0 Å². The first-order valence-corrected chi connectivity index (χ1v) is 18.3. The van der Waals surface area contributed by atoms with Crippen LogP contribution < -0.4 is 0 Å². The molecule has 0 atom stereocenters. The van der Waals surface area contributed by atoms with E-state index in [2.05, 4.69) is 181 Å². The molecule has 51 heavy (non-hydrogen) atoms. The Hall–Kier alpha value is -5.92. The summed E-state index contributed by atoms with van der Waals surface area (Å²) in [5.41, 5.74) is 18.1. The highest BCUT2D eigenvalue weighted by molar-refractivity contribution is 6.11. The fourth-order valence-corrected chi connectivity index (χ4v) is 8.03. The Balaban J connectivity index is 1.17. The number of hydrogen-bond acceptors (Lipinski definition) is 0. The summed E-state index contributed by atoms with van der Waals surface area (Å²) in [4.78, 5) is 0. The Kier molecular flexibility index (Phi) is 8.18. The van der Waals surface area contributed by atoms with E-state index in [0.29, 0.717) is 0 Å². The molecule has 6 aromatic carbocycles. The van der Waals surface area contributed by atoms with Gasteiger partial charge in [-0.15, -0.1) is 0 Å². The van der Waals surface area contributed by atoms with Gasteiger partial charge in [-0.3, -0.25) is 0 Å². The van der Waals surface area contributed by atoms with Gasteiger partial charge in [-0.05, 0) is 137 Å². The number of fused-ring (bicyclic) bond motifs is 3. The highest BCUT2D eigenvalue weighted by Gasteiger charge is 2.17. The van der Waals surface area contributed by atoms with E-state index >= 15 is 0 Å². The molecule has 1 nitrogen and oxygen atoms in total. The summed E-state index contributed by atoms with van der Waals surface area (Å²) >= 11 is 0. The molecule has 0 spiro atoms. The average molecular weight is 656 g/mol. The summed E-state index contributed by atoms with van der Waals surface area (Å²) in [6.07, 6.45) is 19.0. The standard InChI is InChI=1S/C50H41N/c1-35-21-22-41(32-46(35)45-20-12-11-19-43(45)31-36-13-5-2-6-14-36)42-26-30-50-48(34-42)47-33-40(38-17-9-4-10-18-38)25-29-49(47)51(50)44-27-23-39(24-28-44)37-15-7-3-8-16-37/h2-5,7,9-13,15,17-30,32-34H,6,8,14,16,31H2,1H3. The second-order valence-corrected chi connectivity index (χ2v) is 14.0. The van der Waals surface area contributed by atoms with Crippen molar-refractivity contribution in [1.29, 1.82) is 0 Å². The van der Waals surface area contributed by atoms with E-state index in [1.54, 1.807) is 0 Å². The van der Waals surface area contributed by atoms with Crippen molar-refractivity contribution in [2.45, 2.75) is 39.0 Å². The molecular weight excluding hydrogens is 615 g/mol. The summed E-state index contributed by atoms with van der Waals surface area (Å²) in [7, 11) is 0. The van der Waals surface area contributed by atoms with Crippen LogP contribution in [0.1, 0.15) is 42.4 Å². The fourth-order valence-electron chi connectivity index (χ4n) is 8.03. The molecule has 0 amide bonds. The van der Waals surface area contributed by atoms with Gasteiger partial charge < -0.3 is 4.57 Å². The topological polar surface area (TPSA) is 4.93 Å². The maximum atomic E-state index is 2.44. The molecule has 7 aromatic rings. The Morgan fingerprint density at radius 1 is 0.510 bits per heavy atom. The smallest absolute Gasteiger partial charge is 0.0541 e. The van der Waals surface area contributed by atoms with Gasteiger partial charge in [-0.2, -0.15) is 0 Å². The third-order valence-corrected chi connectivity index (χ3v) is 10.8. The van der Waals surface area contributed by atoms with Crippen LogP contribution in [0.4, 0.5) is 0 Å². The van der Waals surface area contributed by atoms with Crippen LogP contribution in [0.3, 0.4) is 0 Å². The molecule has 0 fully saturated rings. The van der Waals surface area contributed by atoms with Crippen LogP contribution in [0.25, 0.3) is 66.4 Å². The minimum atomic E-state index is 0.995. The molecule has 0 N–H and O–H groups in total. The molecule has 0 bridgehead atoms. The van der Waals surface area contributed by atoms with Crippen LogP contribution in [-0.4, -0.2) is 4.57 Å². The van der Waals surface area contributed by atoms with Crippen molar-refractivity contribution >= 4 is 27.4 Å². The van der Waals surface area contributed by atoms with Gasteiger partial charge in [-0.25, -0.2) is 0 Å². The summed E-state index contributed by atoms with van der Waals surface area (Å²) in [5.74, 6) is 0. The first-order valence-electron chi connectivity index (χ1n) is 18.3. The largest absolute Gasteiger partial charge is 0.309 e. The van der Waals surface area contributed by atoms with E-state index in [9.17, 15) is 0 Å². The molecular formula is C50H41N. The molecule has 2 aliphatic rings. The molecule has 0 saturated heterocycles. The van der Waals surface area contributed by atoms with Crippen LogP contribution in [0.5, 0.6) is 0 Å². The maximum Gasteiger partial charge on any atom is 0.0541 e. The van der Waals surface area contributed by atoms with Crippen LogP contribution in [0.2, 0.25) is 0 Å². The van der Waals surface area contributed by atoms with E-state index in [4.69, 9.17) is 0 Å². The first kappa shape index (κ1) is 31.1. The molecule has 9 rings (SSSR count). The third kappa shape index (κ3) is 6.00. The van der Waals surface area contributed by atoms with Crippen molar-refractivity contribution in [3.8, 4) is 39.1 Å². The number of rotatable bonds is 7. The van der Waals surface area contributed by atoms with Crippen molar-refractivity contribution in [3.05, 3.63) is 192 Å². The maximum absolute atomic E-state index is 2.44. The molecule has 2 aliphatic carbocycles. The van der Waals surface area contributed by atoms with E-state index in [1.165, 1.54) is 88.7 Å². The lowest BCUT2D eigenvalue weighted by molar-refractivity contribution is 0.912. The summed E-state index contributed by atoms with van der Waals surface area (Å²) in [5, 5.41) is 2.54. The van der Waals surface area contributed by atoms with Crippen LogP contribution in [0.15, 0.2) is 175 Å². The Morgan fingerprint density at radius 2 is 1.14 bits per heavy atom. The molecule has 0 aliphatic heterocycles. The summed E-state index contributed by atoms with van der Waals surface area (Å²) < 4.78 is 2.44. The van der Waals surface area contributed by atoms with Gasteiger partial charge in [0.05, 0.1) is 11.0 Å². The second kappa shape index (κ2) is 13.4. The van der Waals surface area contributed by atoms with Gasteiger partial charge in [0.15, 0.2) is 0 Å². The molecule has 0 radical (unpaired) electrons. The highest BCUT2D eigenvalue weighted by Crippen LogP contribution is 2.39. The van der Waals surface area contributed by atoms with Gasteiger partial charge in [0.1, 0.15) is 0 Å². The average Bonchev–Trinajstić information content (AvgIpc) is 3.52. The quantitative estimate of drug-likeness (QED) is 0.161. The number of benzene rings is 6. The number of aromatic nitrogens is 1. The number of allylic oxidation sites excluding steroid dienone is 8. The van der Waals surface area contributed by atoms with Crippen molar-refractivity contribution in [3.63, 3.8) is 0 Å². The predicted molar refractivity (Wildman–Crippen MR) is 218 cm³/mol. The minimum absolute atomic E-state index is 0.995. The van der Waals surface area contributed by atoms with E-state index in [0.717, 1.165) is 32.1 Å². The zero-order chi connectivity index (χ0) is 34.1. The van der Waals surface area contributed by atoms with E-state index < -0.39 is 0 Å². The van der Waals surface area contributed by atoms with Crippen molar-refractivity contribution in [2.75, 3.05) is 0 Å². The Labute approximate surface area is 301 Å². The van der Waals surface area contributed by atoms with E-state index in [1.807, 2.05) is 0 Å². The van der Waals surface area contributed by atoms with Gasteiger partial charge in [-0.1, -0.05) is 133 Å². The van der Waals surface area contributed by atoms with Gasteiger partial charge in [0.2, 0.25) is 0 Å². The fraction of sp³-hybridized carbons (Fsp3) is 0.120. The Morgan fingerprint density at radius 3 is 1.84 bits per heavy atom. The predicted octanol–water partition coefficient (Wildman–Crippen LogP) is 13.6. The summed E-state index contributed by atoms with van der Waals surface area (Å²) in [6.45, 7) is 2.24. The normalized spacial score (nSPS) is 14.2. The number of nitrogens with zero attached hydrogens (tertiary/aromatic N) is 1. The zero-order valence-corrected chi connectivity index (χ0v) is 29.1. The number of aryl methyl sites for hydroxylation is 1. The molecule has 1 aromatic heterocycles. The second-order valence-electron chi connectivity index (χ2n) is 14.0. The monoisotopic (exact) mass is 655 g/mol. The van der Waals surface area contributed by atoms with E-state index in [-0.39, 0.29) is 0 Å². The molecule has 1 heteroatoms.